The largest absolute Gasteiger partial charge is 0.376 e. The van der Waals surface area contributed by atoms with Crippen LogP contribution in [0.2, 0.25) is 0 Å². The topological polar surface area (TPSA) is 61.9 Å². The molecular weight excluding hydrogens is 322 g/mol. The van der Waals surface area contributed by atoms with Gasteiger partial charge in [0.15, 0.2) is 14.9 Å². The van der Waals surface area contributed by atoms with Crippen molar-refractivity contribution in [3.63, 3.8) is 0 Å². The molecule has 6 nitrogen and oxygen atoms in total. The van der Waals surface area contributed by atoms with Crippen molar-refractivity contribution >= 4 is 27.2 Å². The standard InChI is InChI=1S/C14H25N3O3S2/c18-22(19)9-3-12(11-22)16-4-6-17(7-5-16)14(21)15-10-13-2-1-8-20-13/h12-13H,1-11H2,(H,15,21)/t12-,13-/m1/s1. The van der Waals surface area contributed by atoms with Crippen LogP contribution in [0.3, 0.4) is 0 Å². The summed E-state index contributed by atoms with van der Waals surface area (Å²) in [6.07, 6.45) is 3.33. The Labute approximate surface area is 138 Å². The third-order valence-corrected chi connectivity index (χ3v) is 6.98. The van der Waals surface area contributed by atoms with Crippen LogP contribution in [-0.2, 0) is 14.6 Å². The van der Waals surface area contributed by atoms with Crippen molar-refractivity contribution in [1.82, 2.24) is 15.1 Å². The Morgan fingerprint density at radius 1 is 1.23 bits per heavy atom. The van der Waals surface area contributed by atoms with Gasteiger partial charge in [0.25, 0.3) is 0 Å². The molecule has 0 bridgehead atoms. The van der Waals surface area contributed by atoms with Crippen molar-refractivity contribution in [3.05, 3.63) is 0 Å². The van der Waals surface area contributed by atoms with Gasteiger partial charge in [-0.25, -0.2) is 8.42 Å². The van der Waals surface area contributed by atoms with Crippen LogP contribution in [-0.4, -0.2) is 86.3 Å². The first-order valence-electron chi connectivity index (χ1n) is 8.12. The van der Waals surface area contributed by atoms with Gasteiger partial charge in [0.05, 0.1) is 17.6 Å². The smallest absolute Gasteiger partial charge is 0.169 e. The Balaban J connectivity index is 1.40. The van der Waals surface area contributed by atoms with Crippen molar-refractivity contribution in [2.45, 2.75) is 31.4 Å². The zero-order chi connectivity index (χ0) is 15.6. The molecule has 0 radical (unpaired) electrons. The summed E-state index contributed by atoms with van der Waals surface area (Å²) in [6, 6.07) is 0.209. The minimum absolute atomic E-state index is 0.209. The van der Waals surface area contributed by atoms with Gasteiger partial charge in [0.1, 0.15) is 0 Å². The van der Waals surface area contributed by atoms with Gasteiger partial charge in [0.2, 0.25) is 0 Å². The van der Waals surface area contributed by atoms with E-state index in [0.29, 0.717) is 17.6 Å². The molecule has 1 N–H and O–H groups in total. The third kappa shape index (κ3) is 4.10. The molecule has 3 heterocycles. The van der Waals surface area contributed by atoms with Crippen LogP contribution in [0, 0.1) is 0 Å². The summed E-state index contributed by atoms with van der Waals surface area (Å²) in [5, 5.41) is 4.11. The second kappa shape index (κ2) is 6.98. The maximum Gasteiger partial charge on any atom is 0.169 e. The highest BCUT2D eigenvalue weighted by molar-refractivity contribution is 7.91. The molecular formula is C14H25N3O3S2. The molecule has 3 aliphatic rings. The normalized spacial score (nSPS) is 32.3. The van der Waals surface area contributed by atoms with E-state index in [1.54, 1.807) is 0 Å². The van der Waals surface area contributed by atoms with E-state index >= 15 is 0 Å². The van der Waals surface area contributed by atoms with Crippen LogP contribution < -0.4 is 5.32 Å². The molecule has 3 aliphatic heterocycles. The van der Waals surface area contributed by atoms with Crippen LogP contribution in [0.4, 0.5) is 0 Å². The Bertz CT molecular complexity index is 497. The minimum atomic E-state index is -2.80. The van der Waals surface area contributed by atoms with Crippen LogP contribution in [0.5, 0.6) is 0 Å². The number of hydrogen-bond acceptors (Lipinski definition) is 5. The monoisotopic (exact) mass is 347 g/mol. The fourth-order valence-corrected chi connectivity index (χ4v) is 5.50. The summed E-state index contributed by atoms with van der Waals surface area (Å²) in [6.45, 7) is 5.17. The van der Waals surface area contributed by atoms with E-state index < -0.39 is 9.84 Å². The molecule has 126 valence electrons. The first kappa shape index (κ1) is 16.4. The number of nitrogens with one attached hydrogen (secondary N) is 1. The molecule has 0 unspecified atom stereocenters. The molecule has 0 aliphatic carbocycles. The van der Waals surface area contributed by atoms with Crippen molar-refractivity contribution in [2.24, 2.45) is 0 Å². The fourth-order valence-electron chi connectivity index (χ4n) is 3.47. The van der Waals surface area contributed by atoms with Crippen LogP contribution >= 0.6 is 12.2 Å². The number of piperazine rings is 1. The Morgan fingerprint density at radius 3 is 2.59 bits per heavy atom. The van der Waals surface area contributed by atoms with Crippen molar-refractivity contribution in [3.8, 4) is 0 Å². The highest BCUT2D eigenvalue weighted by Crippen LogP contribution is 2.19. The second-order valence-electron chi connectivity index (χ2n) is 6.40. The first-order chi connectivity index (χ1) is 10.5. The number of hydrogen-bond donors (Lipinski definition) is 1. The van der Waals surface area contributed by atoms with Gasteiger partial charge >= 0.3 is 0 Å². The lowest BCUT2D eigenvalue weighted by molar-refractivity contribution is 0.111. The van der Waals surface area contributed by atoms with Gasteiger partial charge < -0.3 is 15.0 Å². The number of nitrogens with zero attached hydrogens (tertiary/aromatic N) is 2. The average Bonchev–Trinajstić information content (AvgIpc) is 3.14. The fraction of sp³-hybridized carbons (Fsp3) is 0.929. The van der Waals surface area contributed by atoms with Crippen molar-refractivity contribution < 1.29 is 13.2 Å². The average molecular weight is 348 g/mol. The molecule has 3 rings (SSSR count). The maximum atomic E-state index is 11.6. The molecule has 0 spiro atoms. The summed E-state index contributed by atoms with van der Waals surface area (Å²) < 4.78 is 28.8. The van der Waals surface area contributed by atoms with Crippen LogP contribution in [0.15, 0.2) is 0 Å². The zero-order valence-corrected chi connectivity index (χ0v) is 14.5. The molecule has 0 saturated carbocycles. The number of ether oxygens (including phenoxy) is 1. The summed E-state index contributed by atoms with van der Waals surface area (Å²) >= 11 is 5.46. The number of thiocarbonyl (C=S) groups is 1. The van der Waals surface area contributed by atoms with Gasteiger partial charge in [0, 0.05) is 45.4 Å². The molecule has 2 atom stereocenters. The molecule has 0 aromatic heterocycles. The van der Waals surface area contributed by atoms with E-state index in [1.807, 2.05) is 0 Å². The van der Waals surface area contributed by atoms with Crippen LogP contribution in [0.1, 0.15) is 19.3 Å². The SMILES string of the molecule is O=S1(=O)CC[C@@H](N2CCN(C(=S)NC[C@H]3CCCO3)CC2)C1. The molecule has 8 heteroatoms. The summed E-state index contributed by atoms with van der Waals surface area (Å²) in [5.41, 5.74) is 0. The lowest BCUT2D eigenvalue weighted by atomic mass is 10.2. The zero-order valence-electron chi connectivity index (χ0n) is 12.9. The van der Waals surface area contributed by atoms with Gasteiger partial charge in [-0.1, -0.05) is 0 Å². The molecule has 3 saturated heterocycles. The summed E-state index contributed by atoms with van der Waals surface area (Å²) in [5.74, 6) is 0.675. The van der Waals surface area contributed by atoms with Gasteiger partial charge in [-0.05, 0) is 31.5 Å². The summed E-state index contributed by atoms with van der Waals surface area (Å²) in [7, 11) is -2.80. The quantitative estimate of drug-likeness (QED) is 0.712. The Morgan fingerprint density at radius 2 is 2.00 bits per heavy atom. The van der Waals surface area contributed by atoms with E-state index in [-0.39, 0.29) is 6.04 Å². The summed E-state index contributed by atoms with van der Waals surface area (Å²) in [4.78, 5) is 4.49. The number of rotatable bonds is 3. The molecule has 0 aromatic rings. The second-order valence-corrected chi connectivity index (χ2v) is 9.02. The lowest BCUT2D eigenvalue weighted by Crippen LogP contribution is -2.54. The van der Waals surface area contributed by atoms with E-state index in [9.17, 15) is 8.42 Å². The first-order valence-corrected chi connectivity index (χ1v) is 10.4. The van der Waals surface area contributed by atoms with Crippen molar-refractivity contribution in [2.75, 3.05) is 50.8 Å². The predicted molar refractivity (Wildman–Crippen MR) is 89.8 cm³/mol. The maximum absolute atomic E-state index is 11.6. The van der Waals surface area contributed by atoms with E-state index in [1.165, 1.54) is 0 Å². The minimum Gasteiger partial charge on any atom is -0.376 e. The van der Waals surface area contributed by atoms with E-state index in [4.69, 9.17) is 17.0 Å². The Kier molecular flexibility index (Phi) is 5.21. The van der Waals surface area contributed by atoms with E-state index in [2.05, 4.69) is 15.1 Å². The van der Waals surface area contributed by atoms with Gasteiger partial charge in [-0.3, -0.25) is 4.90 Å². The molecule has 0 aromatic carbocycles. The van der Waals surface area contributed by atoms with E-state index in [0.717, 1.165) is 63.7 Å². The van der Waals surface area contributed by atoms with Crippen LogP contribution in [0.25, 0.3) is 0 Å². The Hall–Kier alpha value is -0.440. The third-order valence-electron chi connectivity index (χ3n) is 4.83. The van der Waals surface area contributed by atoms with Gasteiger partial charge in [-0.2, -0.15) is 0 Å². The highest BCUT2D eigenvalue weighted by Gasteiger charge is 2.34. The number of sulfone groups is 1. The molecule has 3 fully saturated rings. The lowest BCUT2D eigenvalue weighted by Gasteiger charge is -2.38. The predicted octanol–water partition coefficient (Wildman–Crippen LogP) is -0.155. The van der Waals surface area contributed by atoms with Gasteiger partial charge in [-0.15, -0.1) is 0 Å². The highest BCUT2D eigenvalue weighted by atomic mass is 32.2. The molecule has 0 amide bonds. The van der Waals surface area contributed by atoms with Crippen molar-refractivity contribution in [1.29, 1.82) is 0 Å². The molecule has 22 heavy (non-hydrogen) atoms.